The first-order chi connectivity index (χ1) is 11.2. The smallest absolute Gasteiger partial charge is 0.254 e. The van der Waals surface area contributed by atoms with Gasteiger partial charge in [-0.3, -0.25) is 4.79 Å². The first-order valence-electron chi connectivity index (χ1n) is 7.73. The van der Waals surface area contributed by atoms with Crippen molar-refractivity contribution in [3.05, 3.63) is 65.2 Å². The van der Waals surface area contributed by atoms with Crippen LogP contribution in [0.3, 0.4) is 0 Å². The van der Waals surface area contributed by atoms with Crippen molar-refractivity contribution in [2.75, 3.05) is 20.8 Å². The maximum atomic E-state index is 12.9. The van der Waals surface area contributed by atoms with E-state index in [0.717, 1.165) is 12.2 Å². The highest BCUT2D eigenvalue weighted by Gasteiger charge is 2.30. The molecule has 1 amide bonds. The van der Waals surface area contributed by atoms with Crippen molar-refractivity contribution in [1.29, 1.82) is 0 Å². The summed E-state index contributed by atoms with van der Waals surface area (Å²) >= 11 is 0. The van der Waals surface area contributed by atoms with Gasteiger partial charge in [-0.2, -0.15) is 0 Å². The summed E-state index contributed by atoms with van der Waals surface area (Å²) < 4.78 is 10.5. The number of rotatable bonds is 4. The predicted octanol–water partition coefficient (Wildman–Crippen LogP) is 2.91. The van der Waals surface area contributed by atoms with Crippen LogP contribution in [-0.4, -0.2) is 37.7 Å². The molecule has 1 heterocycles. The summed E-state index contributed by atoms with van der Waals surface area (Å²) in [4.78, 5) is 14.8. The molecule has 1 aliphatic heterocycles. The van der Waals surface area contributed by atoms with Crippen LogP contribution >= 0.6 is 0 Å². The molecular weight excluding hydrogens is 290 g/mol. The SMILES string of the molecule is COCC1Cc2ccccc2CN1C(=O)c1ccc(OC)cc1. The molecule has 1 aliphatic rings. The molecule has 1 unspecified atom stereocenters. The Morgan fingerprint density at radius 3 is 2.43 bits per heavy atom. The number of hydrogen-bond donors (Lipinski definition) is 0. The minimum Gasteiger partial charge on any atom is -0.497 e. The monoisotopic (exact) mass is 311 g/mol. The van der Waals surface area contributed by atoms with Gasteiger partial charge in [0.25, 0.3) is 5.91 Å². The Labute approximate surface area is 136 Å². The lowest BCUT2D eigenvalue weighted by molar-refractivity contribution is 0.0477. The molecular formula is C19H21NO3. The van der Waals surface area contributed by atoms with Gasteiger partial charge >= 0.3 is 0 Å². The lowest BCUT2D eigenvalue weighted by atomic mass is 9.93. The molecule has 3 rings (SSSR count). The molecule has 0 aliphatic carbocycles. The van der Waals surface area contributed by atoms with Gasteiger partial charge in [-0.05, 0) is 41.8 Å². The van der Waals surface area contributed by atoms with Gasteiger partial charge in [0.2, 0.25) is 0 Å². The fraction of sp³-hybridized carbons (Fsp3) is 0.316. The highest BCUT2D eigenvalue weighted by Crippen LogP contribution is 2.25. The van der Waals surface area contributed by atoms with Gasteiger partial charge < -0.3 is 14.4 Å². The zero-order chi connectivity index (χ0) is 16.2. The van der Waals surface area contributed by atoms with E-state index in [9.17, 15) is 4.79 Å². The van der Waals surface area contributed by atoms with Crippen LogP contribution in [0.15, 0.2) is 48.5 Å². The van der Waals surface area contributed by atoms with E-state index in [1.54, 1.807) is 14.2 Å². The number of amides is 1. The Hall–Kier alpha value is -2.33. The molecule has 0 fully saturated rings. The third kappa shape index (κ3) is 3.22. The highest BCUT2D eigenvalue weighted by atomic mass is 16.5. The molecule has 0 aromatic heterocycles. The fourth-order valence-electron chi connectivity index (χ4n) is 3.07. The van der Waals surface area contributed by atoms with Crippen LogP contribution in [0.2, 0.25) is 0 Å². The molecule has 1 atom stereocenters. The topological polar surface area (TPSA) is 38.8 Å². The van der Waals surface area contributed by atoms with E-state index in [0.29, 0.717) is 18.7 Å². The van der Waals surface area contributed by atoms with Crippen molar-refractivity contribution in [3.63, 3.8) is 0 Å². The number of hydrogen-bond acceptors (Lipinski definition) is 3. The second kappa shape index (κ2) is 6.84. The summed E-state index contributed by atoms with van der Waals surface area (Å²) in [6.45, 7) is 1.16. The highest BCUT2D eigenvalue weighted by molar-refractivity contribution is 5.94. The van der Waals surface area contributed by atoms with Gasteiger partial charge in [-0.25, -0.2) is 0 Å². The van der Waals surface area contributed by atoms with E-state index < -0.39 is 0 Å². The summed E-state index contributed by atoms with van der Waals surface area (Å²) in [5.41, 5.74) is 3.18. The van der Waals surface area contributed by atoms with Gasteiger partial charge in [0, 0.05) is 19.2 Å². The molecule has 0 saturated carbocycles. The second-order valence-corrected chi connectivity index (χ2v) is 5.74. The fourth-order valence-corrected chi connectivity index (χ4v) is 3.07. The molecule has 2 aromatic carbocycles. The molecule has 4 nitrogen and oxygen atoms in total. The maximum absolute atomic E-state index is 12.9. The van der Waals surface area contributed by atoms with Gasteiger partial charge in [0.15, 0.2) is 0 Å². The predicted molar refractivity (Wildman–Crippen MR) is 88.7 cm³/mol. The Bertz CT molecular complexity index is 681. The summed E-state index contributed by atoms with van der Waals surface area (Å²) in [7, 11) is 3.30. The number of carbonyl (C=O) groups is 1. The summed E-state index contributed by atoms with van der Waals surface area (Å²) in [6, 6.07) is 15.6. The molecule has 23 heavy (non-hydrogen) atoms. The largest absolute Gasteiger partial charge is 0.497 e. The Balaban J connectivity index is 1.87. The average molecular weight is 311 g/mol. The Morgan fingerprint density at radius 2 is 1.78 bits per heavy atom. The van der Waals surface area contributed by atoms with Crippen LogP contribution in [0, 0.1) is 0 Å². The van der Waals surface area contributed by atoms with Crippen LogP contribution in [0.4, 0.5) is 0 Å². The number of fused-ring (bicyclic) bond motifs is 1. The molecule has 0 bridgehead atoms. The van der Waals surface area contributed by atoms with Crippen molar-refractivity contribution in [1.82, 2.24) is 4.90 Å². The number of ether oxygens (including phenoxy) is 2. The van der Waals surface area contributed by atoms with E-state index in [1.165, 1.54) is 11.1 Å². The van der Waals surface area contributed by atoms with Crippen molar-refractivity contribution in [3.8, 4) is 5.75 Å². The maximum Gasteiger partial charge on any atom is 0.254 e. The molecule has 0 spiro atoms. The Kier molecular flexibility index (Phi) is 4.63. The standard InChI is InChI=1S/C19H21NO3/c1-22-13-17-11-15-5-3-4-6-16(15)12-20(17)19(21)14-7-9-18(23-2)10-8-14/h3-10,17H,11-13H2,1-2H3. The number of nitrogens with zero attached hydrogens (tertiary/aromatic N) is 1. The van der Waals surface area contributed by atoms with E-state index in [-0.39, 0.29) is 11.9 Å². The summed E-state index contributed by atoms with van der Waals surface area (Å²) in [5, 5.41) is 0. The van der Waals surface area contributed by atoms with Gasteiger partial charge in [0.1, 0.15) is 5.75 Å². The minimum atomic E-state index is 0.0317. The number of benzene rings is 2. The van der Waals surface area contributed by atoms with Crippen LogP contribution in [0.25, 0.3) is 0 Å². The van der Waals surface area contributed by atoms with Crippen LogP contribution in [0.1, 0.15) is 21.5 Å². The van der Waals surface area contributed by atoms with Crippen molar-refractivity contribution < 1.29 is 14.3 Å². The van der Waals surface area contributed by atoms with Crippen LogP contribution < -0.4 is 4.74 Å². The first kappa shape index (κ1) is 15.6. The number of methoxy groups -OCH3 is 2. The first-order valence-corrected chi connectivity index (χ1v) is 7.73. The minimum absolute atomic E-state index is 0.0317. The molecule has 120 valence electrons. The zero-order valence-corrected chi connectivity index (χ0v) is 13.5. The molecule has 4 heteroatoms. The summed E-state index contributed by atoms with van der Waals surface area (Å²) in [5.74, 6) is 0.781. The van der Waals surface area contributed by atoms with E-state index in [1.807, 2.05) is 41.3 Å². The third-order valence-corrected chi connectivity index (χ3v) is 4.31. The summed E-state index contributed by atoms with van der Waals surface area (Å²) in [6.07, 6.45) is 0.825. The quantitative estimate of drug-likeness (QED) is 0.871. The van der Waals surface area contributed by atoms with Crippen molar-refractivity contribution in [2.45, 2.75) is 19.0 Å². The lowest BCUT2D eigenvalue weighted by Crippen LogP contribution is -2.46. The van der Waals surface area contributed by atoms with E-state index >= 15 is 0 Å². The molecule has 0 saturated heterocycles. The van der Waals surface area contributed by atoms with E-state index in [4.69, 9.17) is 9.47 Å². The van der Waals surface area contributed by atoms with Crippen LogP contribution in [0.5, 0.6) is 5.75 Å². The second-order valence-electron chi connectivity index (χ2n) is 5.74. The van der Waals surface area contributed by atoms with Gasteiger partial charge in [-0.1, -0.05) is 24.3 Å². The van der Waals surface area contributed by atoms with Gasteiger partial charge in [-0.15, -0.1) is 0 Å². The van der Waals surface area contributed by atoms with E-state index in [2.05, 4.69) is 12.1 Å². The van der Waals surface area contributed by atoms with Crippen molar-refractivity contribution in [2.24, 2.45) is 0 Å². The van der Waals surface area contributed by atoms with Gasteiger partial charge in [0.05, 0.1) is 19.8 Å². The normalized spacial score (nSPS) is 16.8. The Morgan fingerprint density at radius 1 is 1.09 bits per heavy atom. The average Bonchev–Trinajstić information content (AvgIpc) is 2.61. The van der Waals surface area contributed by atoms with Crippen molar-refractivity contribution >= 4 is 5.91 Å². The number of carbonyl (C=O) groups excluding carboxylic acids is 1. The lowest BCUT2D eigenvalue weighted by Gasteiger charge is -2.36. The molecule has 0 radical (unpaired) electrons. The van der Waals surface area contributed by atoms with Crippen LogP contribution in [-0.2, 0) is 17.7 Å². The zero-order valence-electron chi connectivity index (χ0n) is 13.5. The molecule has 2 aromatic rings. The molecule has 0 N–H and O–H groups in total. The third-order valence-electron chi connectivity index (χ3n) is 4.31.